The van der Waals surface area contributed by atoms with Gasteiger partial charge in [0.25, 0.3) is 0 Å². The minimum absolute atomic E-state index is 0.986. The quantitative estimate of drug-likeness (QED) is 0.683. The summed E-state index contributed by atoms with van der Waals surface area (Å²) >= 11 is 3.66. The van der Waals surface area contributed by atoms with Crippen LogP contribution in [0.25, 0.3) is 5.57 Å². The van der Waals surface area contributed by atoms with E-state index in [9.17, 15) is 0 Å². The molecule has 0 unspecified atom stereocenters. The van der Waals surface area contributed by atoms with Crippen LogP contribution >= 0.6 is 15.9 Å². The molecule has 0 spiro atoms. The van der Waals surface area contributed by atoms with Gasteiger partial charge in [0.05, 0.1) is 8.07 Å². The summed E-state index contributed by atoms with van der Waals surface area (Å²) in [5, 5.41) is 1.52. The van der Waals surface area contributed by atoms with E-state index in [1.54, 1.807) is 0 Å². The van der Waals surface area contributed by atoms with E-state index < -0.39 is 8.07 Å². The van der Waals surface area contributed by atoms with Crippen molar-refractivity contribution in [1.29, 1.82) is 0 Å². The molecule has 1 aromatic rings. The van der Waals surface area contributed by atoms with Gasteiger partial charge in [0, 0.05) is 4.48 Å². The summed E-state index contributed by atoms with van der Waals surface area (Å²) in [5.41, 5.74) is 2.68. The SMILES string of the molecule is C[Si](C)(C)c1ccc(C2=C(Br)C=CC=CC2)cc1. The van der Waals surface area contributed by atoms with Crippen LogP contribution in [-0.4, -0.2) is 8.07 Å². The van der Waals surface area contributed by atoms with Crippen LogP contribution in [0.1, 0.15) is 12.0 Å². The first-order chi connectivity index (χ1) is 8.48. The lowest BCUT2D eigenvalue weighted by Gasteiger charge is -2.17. The molecule has 0 heterocycles. The molecule has 1 aromatic carbocycles. The van der Waals surface area contributed by atoms with Crippen LogP contribution in [0.3, 0.4) is 0 Å². The van der Waals surface area contributed by atoms with Crippen molar-refractivity contribution in [3.8, 4) is 0 Å². The molecule has 0 N–H and O–H groups in total. The van der Waals surface area contributed by atoms with Gasteiger partial charge >= 0.3 is 0 Å². The van der Waals surface area contributed by atoms with Gasteiger partial charge in [-0.1, -0.05) is 83.3 Å². The summed E-state index contributed by atoms with van der Waals surface area (Å²) in [7, 11) is -1.19. The highest BCUT2D eigenvalue weighted by Gasteiger charge is 2.16. The van der Waals surface area contributed by atoms with Crippen molar-refractivity contribution in [2.75, 3.05) is 0 Å². The highest BCUT2D eigenvalue weighted by atomic mass is 79.9. The predicted octanol–water partition coefficient (Wildman–Crippen LogP) is 4.85. The topological polar surface area (TPSA) is 0 Å². The van der Waals surface area contributed by atoms with Crippen LogP contribution in [0.5, 0.6) is 0 Å². The molecule has 2 heteroatoms. The lowest BCUT2D eigenvalue weighted by Crippen LogP contribution is -2.37. The third kappa shape index (κ3) is 3.12. The Kier molecular flexibility index (Phi) is 4.08. The first kappa shape index (κ1) is 13.6. The van der Waals surface area contributed by atoms with E-state index in [2.05, 4.69) is 84.1 Å². The average molecular weight is 319 g/mol. The monoisotopic (exact) mass is 318 g/mol. The third-order valence-corrected chi connectivity index (χ3v) is 6.01. The molecule has 0 nitrogen and oxygen atoms in total. The number of hydrogen-bond acceptors (Lipinski definition) is 0. The molecule has 0 radical (unpaired) electrons. The molecule has 0 bridgehead atoms. The van der Waals surface area contributed by atoms with Crippen molar-refractivity contribution in [3.05, 3.63) is 58.6 Å². The number of halogens is 1. The second-order valence-corrected chi connectivity index (χ2v) is 11.6. The standard InChI is InChI=1S/C16H19BrSi/c1-18(2,3)14-11-9-13(10-12-14)15-7-5-4-6-8-16(15)17/h4-6,8-12H,7H2,1-3H3. The summed E-state index contributed by atoms with van der Waals surface area (Å²) in [6.45, 7) is 7.15. The largest absolute Gasteiger partial charge is 0.0801 e. The van der Waals surface area contributed by atoms with Crippen LogP contribution in [0.2, 0.25) is 19.6 Å². The second-order valence-electron chi connectivity index (χ2n) is 5.65. The Morgan fingerprint density at radius 3 is 2.28 bits per heavy atom. The second kappa shape index (κ2) is 5.41. The van der Waals surface area contributed by atoms with Crippen LogP contribution in [-0.2, 0) is 0 Å². The first-order valence-corrected chi connectivity index (χ1v) is 10.6. The maximum atomic E-state index is 3.66. The van der Waals surface area contributed by atoms with Gasteiger partial charge in [-0.2, -0.15) is 0 Å². The van der Waals surface area contributed by atoms with Crippen LogP contribution < -0.4 is 5.19 Å². The van der Waals surface area contributed by atoms with Gasteiger partial charge in [0.2, 0.25) is 0 Å². The van der Waals surface area contributed by atoms with Gasteiger partial charge in [0.15, 0.2) is 0 Å². The average Bonchev–Trinajstić information content (AvgIpc) is 2.53. The zero-order valence-corrected chi connectivity index (χ0v) is 13.8. The summed E-state index contributed by atoms with van der Waals surface area (Å²) in [6.07, 6.45) is 9.48. The fourth-order valence-electron chi connectivity index (χ4n) is 2.03. The van der Waals surface area contributed by atoms with Crippen molar-refractivity contribution in [2.45, 2.75) is 26.1 Å². The molecule has 94 valence electrons. The Morgan fingerprint density at radius 2 is 1.67 bits per heavy atom. The van der Waals surface area contributed by atoms with Gasteiger partial charge in [0.1, 0.15) is 0 Å². The number of benzene rings is 1. The molecule has 2 rings (SSSR count). The van der Waals surface area contributed by atoms with E-state index in [-0.39, 0.29) is 0 Å². The number of rotatable bonds is 2. The highest BCUT2D eigenvalue weighted by Crippen LogP contribution is 2.28. The molecule has 0 aliphatic heterocycles. The van der Waals surface area contributed by atoms with Crippen LogP contribution in [0, 0.1) is 0 Å². The lowest BCUT2D eigenvalue weighted by molar-refractivity contribution is 1.39. The maximum absolute atomic E-state index is 3.66. The maximum Gasteiger partial charge on any atom is 0.0775 e. The van der Waals surface area contributed by atoms with Crippen LogP contribution in [0.4, 0.5) is 0 Å². The zero-order chi connectivity index (χ0) is 13.2. The molecule has 0 amide bonds. The van der Waals surface area contributed by atoms with Crippen LogP contribution in [0.15, 0.2) is 53.1 Å². The first-order valence-electron chi connectivity index (χ1n) is 6.31. The molecule has 0 atom stereocenters. The fraction of sp³-hybridized carbons (Fsp3) is 0.250. The van der Waals surface area contributed by atoms with Gasteiger partial charge in [-0.25, -0.2) is 0 Å². The Bertz CT molecular complexity index is 513. The number of hydrogen-bond donors (Lipinski definition) is 0. The summed E-state index contributed by atoms with van der Waals surface area (Å²) in [5.74, 6) is 0. The third-order valence-electron chi connectivity index (χ3n) is 3.20. The molecular weight excluding hydrogens is 300 g/mol. The molecule has 18 heavy (non-hydrogen) atoms. The van der Waals surface area contributed by atoms with Gasteiger partial charge in [-0.3, -0.25) is 0 Å². The molecular formula is C16H19BrSi. The number of allylic oxidation sites excluding steroid dienone is 6. The van der Waals surface area contributed by atoms with E-state index in [4.69, 9.17) is 0 Å². The molecule has 0 saturated heterocycles. The Hall–Kier alpha value is -0.863. The molecule has 0 fully saturated rings. The minimum atomic E-state index is -1.19. The zero-order valence-electron chi connectivity index (χ0n) is 11.2. The van der Waals surface area contributed by atoms with E-state index in [0.29, 0.717) is 0 Å². The lowest BCUT2D eigenvalue weighted by atomic mass is 10.0. The minimum Gasteiger partial charge on any atom is -0.0801 e. The fourth-order valence-corrected chi connectivity index (χ4v) is 3.74. The van der Waals surface area contributed by atoms with Crippen molar-refractivity contribution in [3.63, 3.8) is 0 Å². The van der Waals surface area contributed by atoms with Gasteiger partial charge < -0.3 is 0 Å². The van der Waals surface area contributed by atoms with Crippen molar-refractivity contribution < 1.29 is 0 Å². The smallest absolute Gasteiger partial charge is 0.0775 e. The predicted molar refractivity (Wildman–Crippen MR) is 88.2 cm³/mol. The Balaban J connectivity index is 2.35. The van der Waals surface area contributed by atoms with Gasteiger partial charge in [-0.05, 0) is 23.6 Å². The molecule has 1 aliphatic rings. The summed E-state index contributed by atoms with van der Waals surface area (Å²) in [6, 6.07) is 9.12. The van der Waals surface area contributed by atoms with E-state index in [1.807, 2.05) is 0 Å². The normalized spacial score (nSPS) is 16.0. The highest BCUT2D eigenvalue weighted by molar-refractivity contribution is 9.12. The van der Waals surface area contributed by atoms with E-state index >= 15 is 0 Å². The molecule has 0 saturated carbocycles. The Morgan fingerprint density at radius 1 is 1.00 bits per heavy atom. The molecule has 1 aliphatic carbocycles. The summed E-state index contributed by atoms with van der Waals surface area (Å²) < 4.78 is 1.19. The van der Waals surface area contributed by atoms with Crippen molar-refractivity contribution in [2.24, 2.45) is 0 Å². The van der Waals surface area contributed by atoms with Crippen molar-refractivity contribution >= 4 is 34.8 Å². The molecule has 0 aromatic heterocycles. The van der Waals surface area contributed by atoms with E-state index in [0.717, 1.165) is 6.42 Å². The van der Waals surface area contributed by atoms with E-state index in [1.165, 1.54) is 20.8 Å². The van der Waals surface area contributed by atoms with Crippen molar-refractivity contribution in [1.82, 2.24) is 0 Å². The Labute approximate surface area is 119 Å². The van der Waals surface area contributed by atoms with Gasteiger partial charge in [-0.15, -0.1) is 0 Å². The summed E-state index contributed by atoms with van der Waals surface area (Å²) in [4.78, 5) is 0.